The van der Waals surface area contributed by atoms with Crippen LogP contribution >= 0.6 is 11.6 Å². The number of carbonyl (C=O) groups is 2. The van der Waals surface area contributed by atoms with E-state index in [9.17, 15) is 14.4 Å². The van der Waals surface area contributed by atoms with Gasteiger partial charge in [-0.05, 0) is 51.5 Å². The Kier molecular flexibility index (Phi) is 6.89. The van der Waals surface area contributed by atoms with Gasteiger partial charge in [0.15, 0.2) is 12.3 Å². The molecule has 4 aromatic rings. The minimum Gasteiger partial charge on any atom is -0.452 e. The zero-order valence-corrected chi connectivity index (χ0v) is 20.8. The fraction of sp³-hybridized carbons (Fsp3) is 0.259. The molecule has 0 atom stereocenters. The van der Waals surface area contributed by atoms with Crippen LogP contribution in [0.2, 0.25) is 5.02 Å². The molecule has 0 saturated heterocycles. The Balaban J connectivity index is 1.57. The van der Waals surface area contributed by atoms with Crippen LogP contribution in [0.1, 0.15) is 57.7 Å². The van der Waals surface area contributed by atoms with Crippen LogP contribution in [0.5, 0.6) is 0 Å². The number of hydrogen-bond acceptors (Lipinski definition) is 5. The van der Waals surface area contributed by atoms with E-state index in [4.69, 9.17) is 16.3 Å². The van der Waals surface area contributed by atoms with Crippen molar-refractivity contribution in [3.8, 4) is 0 Å². The van der Waals surface area contributed by atoms with Gasteiger partial charge in [0.1, 0.15) is 0 Å². The average molecular weight is 492 g/mol. The number of nitrogens with zero attached hydrogens (tertiary/aromatic N) is 3. The number of aryl methyl sites for hydroxylation is 1. The number of carbonyl (C=O) groups excluding carboxylic acids is 2. The zero-order chi connectivity index (χ0) is 25.3. The van der Waals surface area contributed by atoms with Gasteiger partial charge >= 0.3 is 5.97 Å². The lowest BCUT2D eigenvalue weighted by Crippen LogP contribution is -2.28. The second kappa shape index (κ2) is 9.88. The van der Waals surface area contributed by atoms with Gasteiger partial charge in [0.25, 0.3) is 5.56 Å². The van der Waals surface area contributed by atoms with Crippen LogP contribution in [0.3, 0.4) is 0 Å². The number of esters is 1. The summed E-state index contributed by atoms with van der Waals surface area (Å²) in [6.45, 7) is 7.47. The number of ketones is 1. The Hall–Kier alpha value is -3.71. The zero-order valence-electron chi connectivity index (χ0n) is 20.0. The van der Waals surface area contributed by atoms with E-state index in [0.29, 0.717) is 27.9 Å². The van der Waals surface area contributed by atoms with Crippen molar-refractivity contribution in [3.05, 3.63) is 98.2 Å². The fourth-order valence-electron chi connectivity index (χ4n) is 4.11. The van der Waals surface area contributed by atoms with E-state index in [1.165, 1.54) is 4.68 Å². The SMILES string of the molecule is Cc1cc(C(=O)COC(=O)c2nn(C(C)C)c(=O)c3ccccc23)c(C)n1Cc1ccccc1Cl. The molecule has 0 unspecified atom stereocenters. The number of ether oxygens (including phenoxy) is 1. The first-order chi connectivity index (χ1) is 16.7. The van der Waals surface area contributed by atoms with Crippen molar-refractivity contribution >= 4 is 34.1 Å². The number of halogens is 1. The molecule has 0 fully saturated rings. The van der Waals surface area contributed by atoms with Crippen LogP contribution in [-0.2, 0) is 11.3 Å². The molecule has 2 aromatic heterocycles. The third-order valence-electron chi connectivity index (χ3n) is 6.01. The van der Waals surface area contributed by atoms with Gasteiger partial charge in [-0.15, -0.1) is 0 Å². The molecule has 0 radical (unpaired) electrons. The summed E-state index contributed by atoms with van der Waals surface area (Å²) in [5.74, 6) is -1.08. The molecule has 2 aromatic carbocycles. The highest BCUT2D eigenvalue weighted by Crippen LogP contribution is 2.22. The highest BCUT2D eigenvalue weighted by molar-refractivity contribution is 6.31. The Morgan fingerprint density at radius 2 is 1.69 bits per heavy atom. The van der Waals surface area contributed by atoms with E-state index in [0.717, 1.165) is 17.0 Å². The molecular formula is C27H26ClN3O4. The van der Waals surface area contributed by atoms with Gasteiger partial charge < -0.3 is 9.30 Å². The van der Waals surface area contributed by atoms with Gasteiger partial charge in [-0.3, -0.25) is 9.59 Å². The summed E-state index contributed by atoms with van der Waals surface area (Å²) in [5, 5.41) is 5.67. The van der Waals surface area contributed by atoms with E-state index in [2.05, 4.69) is 5.10 Å². The quantitative estimate of drug-likeness (QED) is 0.264. The molecule has 0 amide bonds. The summed E-state index contributed by atoms with van der Waals surface area (Å²) in [4.78, 5) is 38.6. The Labute approximate surface area is 207 Å². The molecule has 0 spiro atoms. The van der Waals surface area contributed by atoms with Crippen molar-refractivity contribution in [3.63, 3.8) is 0 Å². The van der Waals surface area contributed by atoms with E-state index < -0.39 is 12.6 Å². The molecule has 7 nitrogen and oxygen atoms in total. The molecule has 0 aliphatic rings. The van der Waals surface area contributed by atoms with Gasteiger partial charge in [-0.1, -0.05) is 48.0 Å². The van der Waals surface area contributed by atoms with Crippen molar-refractivity contribution < 1.29 is 14.3 Å². The van der Waals surface area contributed by atoms with Crippen LogP contribution < -0.4 is 5.56 Å². The van der Waals surface area contributed by atoms with Gasteiger partial charge in [0.05, 0.1) is 11.4 Å². The number of rotatable bonds is 7. The first kappa shape index (κ1) is 24.4. The molecule has 180 valence electrons. The monoisotopic (exact) mass is 491 g/mol. The molecule has 0 aliphatic carbocycles. The van der Waals surface area contributed by atoms with E-state index in [1.807, 2.05) is 42.7 Å². The number of fused-ring (bicyclic) bond motifs is 1. The van der Waals surface area contributed by atoms with E-state index >= 15 is 0 Å². The van der Waals surface area contributed by atoms with Crippen LogP contribution in [0, 0.1) is 13.8 Å². The predicted molar refractivity (Wildman–Crippen MR) is 135 cm³/mol. The summed E-state index contributed by atoms with van der Waals surface area (Å²) in [6, 6.07) is 15.8. The largest absolute Gasteiger partial charge is 0.452 e. The van der Waals surface area contributed by atoms with Crippen LogP contribution in [-0.4, -0.2) is 32.7 Å². The summed E-state index contributed by atoms with van der Waals surface area (Å²) < 4.78 is 8.63. The molecule has 2 heterocycles. The lowest BCUT2D eigenvalue weighted by Gasteiger charge is -2.13. The average Bonchev–Trinajstić information content (AvgIpc) is 3.12. The molecule has 0 aliphatic heterocycles. The maximum atomic E-state index is 13.0. The second-order valence-electron chi connectivity index (χ2n) is 8.70. The number of Topliss-reactive ketones (excluding diaryl/α,β-unsaturated/α-hetero) is 1. The highest BCUT2D eigenvalue weighted by atomic mass is 35.5. The number of hydrogen-bond donors (Lipinski definition) is 0. The lowest BCUT2D eigenvalue weighted by molar-refractivity contribution is 0.0468. The van der Waals surface area contributed by atoms with Gasteiger partial charge in [0, 0.05) is 33.9 Å². The van der Waals surface area contributed by atoms with Crippen molar-refractivity contribution in [2.45, 2.75) is 40.3 Å². The summed E-state index contributed by atoms with van der Waals surface area (Å²) in [5.41, 5.74) is 2.81. The third-order valence-corrected chi connectivity index (χ3v) is 6.37. The van der Waals surface area contributed by atoms with E-state index in [-0.39, 0.29) is 23.1 Å². The molecule has 0 N–H and O–H groups in total. The van der Waals surface area contributed by atoms with Gasteiger partial charge in [-0.25, -0.2) is 9.48 Å². The normalized spacial score (nSPS) is 11.3. The molecule has 0 bridgehead atoms. The summed E-state index contributed by atoms with van der Waals surface area (Å²) >= 11 is 6.31. The Bertz CT molecular complexity index is 1500. The first-order valence-corrected chi connectivity index (χ1v) is 11.7. The molecule has 4 rings (SSSR count). The van der Waals surface area contributed by atoms with Crippen molar-refractivity contribution in [1.82, 2.24) is 14.3 Å². The predicted octanol–water partition coefficient (Wildman–Crippen LogP) is 5.14. The van der Waals surface area contributed by atoms with Crippen molar-refractivity contribution in [1.29, 1.82) is 0 Å². The van der Waals surface area contributed by atoms with Crippen molar-refractivity contribution in [2.75, 3.05) is 6.61 Å². The molecule has 0 saturated carbocycles. The first-order valence-electron chi connectivity index (χ1n) is 11.3. The Morgan fingerprint density at radius 3 is 2.37 bits per heavy atom. The maximum Gasteiger partial charge on any atom is 0.359 e. The number of benzene rings is 2. The number of aromatic nitrogens is 3. The second-order valence-corrected chi connectivity index (χ2v) is 9.11. The minimum atomic E-state index is -0.756. The third kappa shape index (κ3) is 4.77. The van der Waals surface area contributed by atoms with Gasteiger partial charge in [0.2, 0.25) is 5.78 Å². The fourth-order valence-corrected chi connectivity index (χ4v) is 4.30. The van der Waals surface area contributed by atoms with Crippen molar-refractivity contribution in [2.24, 2.45) is 0 Å². The summed E-state index contributed by atoms with van der Waals surface area (Å²) in [6.07, 6.45) is 0. The highest BCUT2D eigenvalue weighted by Gasteiger charge is 2.22. The topological polar surface area (TPSA) is 83.2 Å². The minimum absolute atomic E-state index is 0.00546. The smallest absolute Gasteiger partial charge is 0.359 e. The standard InChI is InChI=1S/C27H26ClN3O4/c1-16(2)31-26(33)21-11-7-6-10-20(21)25(29-31)27(34)35-15-24(32)22-13-17(3)30(18(22)4)14-19-9-5-8-12-23(19)28/h5-13,16H,14-15H2,1-4H3. The molecule has 35 heavy (non-hydrogen) atoms. The lowest BCUT2D eigenvalue weighted by atomic mass is 10.1. The molecular weight excluding hydrogens is 466 g/mol. The van der Waals surface area contributed by atoms with Gasteiger partial charge in [-0.2, -0.15) is 5.10 Å². The van der Waals surface area contributed by atoms with Crippen LogP contribution in [0.4, 0.5) is 0 Å². The summed E-state index contributed by atoms with van der Waals surface area (Å²) in [7, 11) is 0. The van der Waals surface area contributed by atoms with E-state index in [1.54, 1.807) is 44.2 Å². The molecule has 8 heteroatoms. The maximum absolute atomic E-state index is 13.0. The Morgan fingerprint density at radius 1 is 1.03 bits per heavy atom. The van der Waals surface area contributed by atoms with Crippen LogP contribution in [0.15, 0.2) is 59.4 Å². The van der Waals surface area contributed by atoms with Crippen LogP contribution in [0.25, 0.3) is 10.8 Å².